The first-order valence-corrected chi connectivity index (χ1v) is 8.93. The number of benzene rings is 1. The van der Waals surface area contributed by atoms with Crippen molar-refractivity contribution in [3.8, 4) is 10.6 Å². The Morgan fingerprint density at radius 2 is 2.12 bits per heavy atom. The van der Waals surface area contributed by atoms with Crippen molar-refractivity contribution in [2.75, 3.05) is 0 Å². The van der Waals surface area contributed by atoms with Crippen molar-refractivity contribution in [2.45, 2.75) is 32.8 Å². The molecule has 0 radical (unpaired) electrons. The Morgan fingerprint density at radius 3 is 2.84 bits per heavy atom. The number of carbonyl (C=O) groups is 1. The second kappa shape index (κ2) is 6.61. The molecule has 0 atom stereocenters. The molecule has 0 aliphatic heterocycles. The quantitative estimate of drug-likeness (QED) is 0.668. The zero-order chi connectivity index (χ0) is 18.2. The molecule has 25 heavy (non-hydrogen) atoms. The van der Waals surface area contributed by atoms with Crippen LogP contribution in [0.4, 0.5) is 4.79 Å². The summed E-state index contributed by atoms with van der Waals surface area (Å²) in [7, 11) is 0. The maximum absolute atomic E-state index is 11.0. The van der Waals surface area contributed by atoms with Crippen LogP contribution in [-0.2, 0) is 11.2 Å². The Balaban J connectivity index is 1.94. The maximum atomic E-state index is 11.0. The molecular weight excluding hydrogens is 358 g/mol. The fraction of sp³-hybridized carbons (Fsp3) is 0.278. The fourth-order valence-electron chi connectivity index (χ4n) is 2.77. The Bertz CT molecular complexity index is 953. The summed E-state index contributed by atoms with van der Waals surface area (Å²) in [4.78, 5) is 20.4. The van der Waals surface area contributed by atoms with E-state index in [9.17, 15) is 4.79 Å². The number of aryl methyl sites for hydroxylation is 1. The Hall–Kier alpha value is -2.18. The van der Waals surface area contributed by atoms with Gasteiger partial charge in [0, 0.05) is 17.3 Å². The van der Waals surface area contributed by atoms with Crippen LogP contribution < -0.4 is 5.73 Å². The molecule has 2 N–H and O–H groups in total. The van der Waals surface area contributed by atoms with E-state index in [1.54, 1.807) is 17.5 Å². The molecule has 0 saturated heterocycles. The van der Waals surface area contributed by atoms with Gasteiger partial charge in [0.1, 0.15) is 5.60 Å². The van der Waals surface area contributed by atoms with Crippen molar-refractivity contribution < 1.29 is 9.53 Å². The smallest absolute Gasteiger partial charge is 0.405 e. The van der Waals surface area contributed by atoms with Crippen LogP contribution >= 0.6 is 22.9 Å². The summed E-state index contributed by atoms with van der Waals surface area (Å²) in [5.41, 5.74) is 7.38. The van der Waals surface area contributed by atoms with Crippen molar-refractivity contribution >= 4 is 39.1 Å². The molecule has 5 nitrogen and oxygen atoms in total. The van der Waals surface area contributed by atoms with Crippen molar-refractivity contribution in [1.82, 2.24) is 9.97 Å². The molecule has 1 aromatic carbocycles. The molecule has 2 heterocycles. The summed E-state index contributed by atoms with van der Waals surface area (Å²) < 4.78 is 6.30. The lowest BCUT2D eigenvalue weighted by molar-refractivity contribution is 0.0461. The van der Waals surface area contributed by atoms with E-state index in [1.165, 1.54) is 0 Å². The number of hydrogen-bond donors (Lipinski definition) is 1. The molecule has 2 aromatic heterocycles. The van der Waals surface area contributed by atoms with E-state index in [2.05, 4.69) is 28.2 Å². The highest BCUT2D eigenvalue weighted by molar-refractivity contribution is 7.22. The highest BCUT2D eigenvalue weighted by atomic mass is 35.5. The lowest BCUT2D eigenvalue weighted by Crippen LogP contribution is -2.33. The third-order valence-electron chi connectivity index (χ3n) is 3.77. The number of thiophene rings is 1. The van der Waals surface area contributed by atoms with E-state index in [0.717, 1.165) is 31.8 Å². The van der Waals surface area contributed by atoms with Gasteiger partial charge >= 0.3 is 6.09 Å². The number of primary amides is 1. The zero-order valence-electron chi connectivity index (χ0n) is 14.2. The minimum atomic E-state index is -0.763. The van der Waals surface area contributed by atoms with Crippen molar-refractivity contribution in [2.24, 2.45) is 5.73 Å². The number of hydrogen-bond acceptors (Lipinski definition) is 5. The number of rotatable bonds is 4. The third kappa shape index (κ3) is 4.08. The van der Waals surface area contributed by atoms with Gasteiger partial charge in [-0.15, -0.1) is 11.3 Å². The van der Waals surface area contributed by atoms with Gasteiger partial charge in [0.25, 0.3) is 0 Å². The molecule has 1 amide bonds. The van der Waals surface area contributed by atoms with Gasteiger partial charge in [-0.3, -0.25) is 0 Å². The standard InChI is InChI=1S/C18H18ClN3O2S/c1-10-9-21-16(19)22-15(10)14-7-12-5-4-11(6-13(12)25-14)8-18(2,3)24-17(20)23/h4-7,9H,8H2,1-3H3,(H2,20,23). The van der Waals surface area contributed by atoms with Crippen LogP contribution in [0.5, 0.6) is 0 Å². The largest absolute Gasteiger partial charge is 0.443 e. The highest BCUT2D eigenvalue weighted by Crippen LogP contribution is 2.35. The fourth-order valence-corrected chi connectivity index (χ4v) is 4.09. The summed E-state index contributed by atoms with van der Waals surface area (Å²) in [6, 6.07) is 8.29. The predicted octanol–water partition coefficient (Wildman–Crippen LogP) is 4.74. The summed E-state index contributed by atoms with van der Waals surface area (Å²) in [5, 5.41) is 1.37. The summed E-state index contributed by atoms with van der Waals surface area (Å²) in [6.07, 6.45) is 1.54. The second-order valence-corrected chi connectivity index (χ2v) is 7.93. The zero-order valence-corrected chi connectivity index (χ0v) is 15.7. The van der Waals surface area contributed by atoms with E-state index in [-0.39, 0.29) is 5.28 Å². The number of nitrogens with zero attached hydrogens (tertiary/aromatic N) is 2. The average Bonchev–Trinajstić information content (AvgIpc) is 2.90. The van der Waals surface area contributed by atoms with E-state index in [0.29, 0.717) is 6.42 Å². The van der Waals surface area contributed by atoms with Crippen molar-refractivity contribution in [3.05, 3.63) is 46.9 Å². The summed E-state index contributed by atoms with van der Waals surface area (Å²) >= 11 is 7.58. The van der Waals surface area contributed by atoms with E-state index < -0.39 is 11.7 Å². The Labute approximate surface area is 154 Å². The molecule has 3 aromatic rings. The normalized spacial score (nSPS) is 11.7. The minimum Gasteiger partial charge on any atom is -0.443 e. The van der Waals surface area contributed by atoms with Crippen molar-refractivity contribution in [3.63, 3.8) is 0 Å². The van der Waals surface area contributed by atoms with Crippen LogP contribution in [0.25, 0.3) is 20.7 Å². The van der Waals surface area contributed by atoms with E-state index in [1.807, 2.05) is 26.8 Å². The average molecular weight is 376 g/mol. The maximum Gasteiger partial charge on any atom is 0.405 e. The number of aromatic nitrogens is 2. The molecule has 0 unspecified atom stereocenters. The monoisotopic (exact) mass is 375 g/mol. The number of carbonyl (C=O) groups excluding carboxylic acids is 1. The first-order chi connectivity index (χ1) is 11.7. The van der Waals surface area contributed by atoms with Crippen LogP contribution in [0, 0.1) is 6.92 Å². The minimum absolute atomic E-state index is 0.240. The van der Waals surface area contributed by atoms with Gasteiger partial charge in [0.15, 0.2) is 0 Å². The Kier molecular flexibility index (Phi) is 4.67. The predicted molar refractivity (Wildman–Crippen MR) is 101 cm³/mol. The number of ether oxygens (including phenoxy) is 1. The van der Waals surface area contributed by atoms with Gasteiger partial charge in [0.05, 0.1) is 10.6 Å². The van der Waals surface area contributed by atoms with E-state index >= 15 is 0 Å². The van der Waals surface area contributed by atoms with Crippen molar-refractivity contribution in [1.29, 1.82) is 0 Å². The van der Waals surface area contributed by atoms with Crippen LogP contribution in [-0.4, -0.2) is 21.7 Å². The number of halogens is 1. The van der Waals surface area contributed by atoms with Crippen LogP contribution in [0.15, 0.2) is 30.5 Å². The van der Waals surface area contributed by atoms with Gasteiger partial charge in [-0.05, 0) is 61.0 Å². The van der Waals surface area contributed by atoms with Gasteiger partial charge in [-0.2, -0.15) is 0 Å². The Morgan fingerprint density at radius 1 is 1.36 bits per heavy atom. The van der Waals surface area contributed by atoms with Gasteiger partial charge in [0.2, 0.25) is 5.28 Å². The lowest BCUT2D eigenvalue weighted by Gasteiger charge is -2.23. The second-order valence-electron chi connectivity index (χ2n) is 6.51. The van der Waals surface area contributed by atoms with Gasteiger partial charge in [-0.25, -0.2) is 14.8 Å². The van der Waals surface area contributed by atoms with Gasteiger partial charge < -0.3 is 10.5 Å². The van der Waals surface area contributed by atoms with Crippen LogP contribution in [0.2, 0.25) is 5.28 Å². The first kappa shape index (κ1) is 17.6. The molecule has 0 saturated carbocycles. The SMILES string of the molecule is Cc1cnc(Cl)nc1-c1cc2ccc(CC(C)(C)OC(N)=O)cc2s1. The van der Waals surface area contributed by atoms with E-state index in [4.69, 9.17) is 22.1 Å². The lowest BCUT2D eigenvalue weighted by atomic mass is 9.98. The topological polar surface area (TPSA) is 78.1 Å². The molecule has 0 aliphatic carbocycles. The summed E-state index contributed by atoms with van der Waals surface area (Å²) in [5.74, 6) is 0. The molecule has 0 fully saturated rings. The summed E-state index contributed by atoms with van der Waals surface area (Å²) in [6.45, 7) is 5.65. The molecular formula is C18H18ClN3O2S. The van der Waals surface area contributed by atoms with Crippen LogP contribution in [0.3, 0.4) is 0 Å². The number of amides is 1. The third-order valence-corrected chi connectivity index (χ3v) is 5.05. The van der Waals surface area contributed by atoms with Gasteiger partial charge in [-0.1, -0.05) is 12.1 Å². The first-order valence-electron chi connectivity index (χ1n) is 7.74. The molecule has 7 heteroatoms. The molecule has 0 aliphatic rings. The number of nitrogens with two attached hydrogens (primary N) is 1. The highest BCUT2D eigenvalue weighted by Gasteiger charge is 2.22. The van der Waals surface area contributed by atoms with Crippen LogP contribution in [0.1, 0.15) is 25.0 Å². The molecule has 0 spiro atoms. The molecule has 3 rings (SSSR count). The molecule has 130 valence electrons. The molecule has 0 bridgehead atoms. The number of fused-ring (bicyclic) bond motifs is 1.